The van der Waals surface area contributed by atoms with Gasteiger partial charge in [0.25, 0.3) is 0 Å². The number of likely N-dealkylation sites (N-methyl/N-ethyl adjacent to an activating group) is 1. The predicted molar refractivity (Wildman–Crippen MR) is 76.9 cm³/mol. The van der Waals surface area contributed by atoms with Crippen molar-refractivity contribution in [2.45, 2.75) is 37.8 Å². The highest BCUT2D eigenvalue weighted by molar-refractivity contribution is 5.78. The first-order chi connectivity index (χ1) is 9.06. The van der Waals surface area contributed by atoms with Crippen LogP contribution in [0.2, 0.25) is 0 Å². The van der Waals surface area contributed by atoms with Gasteiger partial charge in [-0.2, -0.15) is 0 Å². The molecule has 0 aromatic carbocycles. The molecule has 0 radical (unpaired) electrons. The monoisotopic (exact) mass is 268 g/mol. The lowest BCUT2D eigenvalue weighted by Crippen LogP contribution is -2.51. The number of carbonyl (C=O) groups is 1. The van der Waals surface area contributed by atoms with E-state index in [0.29, 0.717) is 24.5 Å². The summed E-state index contributed by atoms with van der Waals surface area (Å²) in [5, 5.41) is 0. The molecule has 110 valence electrons. The normalized spacial score (nSPS) is 26.9. The lowest BCUT2D eigenvalue weighted by Gasteiger charge is -2.38. The maximum absolute atomic E-state index is 12.4. The Morgan fingerprint density at radius 2 is 1.89 bits per heavy atom. The molecule has 0 aromatic rings. The van der Waals surface area contributed by atoms with E-state index in [1.165, 1.54) is 6.42 Å². The van der Waals surface area contributed by atoms with Crippen LogP contribution in [0, 0.1) is 0 Å². The Hall–Kier alpha value is -0.650. The van der Waals surface area contributed by atoms with Gasteiger partial charge >= 0.3 is 0 Å². The number of nitrogens with zero attached hydrogens (tertiary/aromatic N) is 3. The van der Waals surface area contributed by atoms with Gasteiger partial charge < -0.3 is 15.5 Å². The molecule has 2 heterocycles. The third kappa shape index (κ3) is 4.16. The van der Waals surface area contributed by atoms with Crippen LogP contribution in [0.3, 0.4) is 0 Å². The number of nitrogens with two attached hydrogens (primary N) is 1. The topological polar surface area (TPSA) is 52.8 Å². The van der Waals surface area contributed by atoms with Gasteiger partial charge in [-0.05, 0) is 39.8 Å². The molecule has 1 unspecified atom stereocenters. The summed E-state index contributed by atoms with van der Waals surface area (Å²) in [5.74, 6) is 0.294. The number of likely N-dealkylation sites (tertiary alicyclic amines) is 2. The van der Waals surface area contributed by atoms with Crippen molar-refractivity contribution < 1.29 is 4.79 Å². The lowest BCUT2D eigenvalue weighted by atomic mass is 10.0. The van der Waals surface area contributed by atoms with E-state index in [-0.39, 0.29) is 0 Å². The van der Waals surface area contributed by atoms with E-state index in [9.17, 15) is 4.79 Å². The molecule has 2 aliphatic heterocycles. The maximum Gasteiger partial charge on any atom is 0.236 e. The van der Waals surface area contributed by atoms with Gasteiger partial charge in [0.15, 0.2) is 0 Å². The summed E-state index contributed by atoms with van der Waals surface area (Å²) < 4.78 is 0. The highest BCUT2D eigenvalue weighted by atomic mass is 16.2. The zero-order valence-electron chi connectivity index (χ0n) is 12.3. The van der Waals surface area contributed by atoms with Gasteiger partial charge in [-0.3, -0.25) is 9.69 Å². The summed E-state index contributed by atoms with van der Waals surface area (Å²) in [6.45, 7) is 4.33. The Morgan fingerprint density at radius 1 is 1.21 bits per heavy atom. The van der Waals surface area contributed by atoms with Crippen molar-refractivity contribution in [3.8, 4) is 0 Å². The zero-order valence-corrected chi connectivity index (χ0v) is 12.3. The summed E-state index contributed by atoms with van der Waals surface area (Å²) >= 11 is 0. The van der Waals surface area contributed by atoms with Gasteiger partial charge in [0.05, 0.1) is 6.54 Å². The number of rotatable bonds is 3. The molecule has 5 heteroatoms. The second-order valence-corrected chi connectivity index (χ2v) is 6.21. The fraction of sp³-hybridized carbons (Fsp3) is 0.929. The predicted octanol–water partition coefficient (Wildman–Crippen LogP) is -0.0379. The van der Waals surface area contributed by atoms with Crippen LogP contribution in [-0.4, -0.2) is 79.5 Å². The SMILES string of the molecule is CN(C)C1CCCN(C(=O)CN2CCC(N)CC2)C1. The first-order valence-electron chi connectivity index (χ1n) is 7.48. The summed E-state index contributed by atoms with van der Waals surface area (Å²) in [4.78, 5) is 18.9. The van der Waals surface area contributed by atoms with Crippen molar-refractivity contribution in [2.24, 2.45) is 5.73 Å². The highest BCUT2D eigenvalue weighted by Crippen LogP contribution is 2.15. The molecule has 1 atom stereocenters. The van der Waals surface area contributed by atoms with Crippen molar-refractivity contribution in [2.75, 3.05) is 46.8 Å². The molecule has 0 aromatic heterocycles. The smallest absolute Gasteiger partial charge is 0.236 e. The van der Waals surface area contributed by atoms with Gasteiger partial charge in [-0.15, -0.1) is 0 Å². The van der Waals surface area contributed by atoms with E-state index in [2.05, 4.69) is 23.9 Å². The van der Waals surface area contributed by atoms with Crippen LogP contribution < -0.4 is 5.73 Å². The Morgan fingerprint density at radius 3 is 2.53 bits per heavy atom. The third-order valence-electron chi connectivity index (χ3n) is 4.47. The van der Waals surface area contributed by atoms with Crippen LogP contribution in [0.25, 0.3) is 0 Å². The molecule has 0 aliphatic carbocycles. The van der Waals surface area contributed by atoms with Gasteiger partial charge in [-0.1, -0.05) is 0 Å². The fourth-order valence-electron chi connectivity index (χ4n) is 3.01. The molecule has 2 aliphatic rings. The number of hydrogen-bond acceptors (Lipinski definition) is 4. The molecule has 0 saturated carbocycles. The van der Waals surface area contributed by atoms with Crippen molar-refractivity contribution in [1.82, 2.24) is 14.7 Å². The molecule has 2 saturated heterocycles. The van der Waals surface area contributed by atoms with E-state index in [1.54, 1.807) is 0 Å². The Balaban J connectivity index is 1.79. The van der Waals surface area contributed by atoms with Crippen molar-refractivity contribution in [3.63, 3.8) is 0 Å². The van der Waals surface area contributed by atoms with Crippen molar-refractivity contribution in [1.29, 1.82) is 0 Å². The first kappa shape index (κ1) is 14.8. The molecular weight excluding hydrogens is 240 g/mol. The molecule has 0 bridgehead atoms. The van der Waals surface area contributed by atoms with Crippen LogP contribution in [0.5, 0.6) is 0 Å². The second-order valence-electron chi connectivity index (χ2n) is 6.21. The first-order valence-corrected chi connectivity index (χ1v) is 7.48. The van der Waals surface area contributed by atoms with Crippen LogP contribution in [0.15, 0.2) is 0 Å². The largest absolute Gasteiger partial charge is 0.340 e. The van der Waals surface area contributed by atoms with Crippen molar-refractivity contribution >= 4 is 5.91 Å². The summed E-state index contributed by atoms with van der Waals surface area (Å²) in [7, 11) is 4.20. The summed E-state index contributed by atoms with van der Waals surface area (Å²) in [6, 6.07) is 0.854. The fourth-order valence-corrected chi connectivity index (χ4v) is 3.01. The molecule has 5 nitrogen and oxygen atoms in total. The van der Waals surface area contributed by atoms with E-state index >= 15 is 0 Å². The van der Waals surface area contributed by atoms with Gasteiger partial charge in [0.2, 0.25) is 5.91 Å². The van der Waals surface area contributed by atoms with Crippen LogP contribution in [0.1, 0.15) is 25.7 Å². The van der Waals surface area contributed by atoms with E-state index < -0.39 is 0 Å². The van der Waals surface area contributed by atoms with Gasteiger partial charge in [0, 0.05) is 38.3 Å². The Bertz CT molecular complexity index is 300. The average Bonchev–Trinajstić information content (AvgIpc) is 2.41. The quantitative estimate of drug-likeness (QED) is 0.780. The standard InChI is InChI=1S/C14H28N4O/c1-16(2)13-4-3-7-18(10-13)14(19)11-17-8-5-12(15)6-9-17/h12-13H,3-11,15H2,1-2H3. The minimum atomic E-state index is 0.294. The van der Waals surface area contributed by atoms with Crippen LogP contribution >= 0.6 is 0 Å². The van der Waals surface area contributed by atoms with E-state index in [1.807, 2.05) is 4.90 Å². The van der Waals surface area contributed by atoms with Gasteiger partial charge in [0.1, 0.15) is 0 Å². The minimum absolute atomic E-state index is 0.294. The average molecular weight is 268 g/mol. The molecular formula is C14H28N4O. The molecule has 0 spiro atoms. The van der Waals surface area contributed by atoms with E-state index in [4.69, 9.17) is 5.73 Å². The van der Waals surface area contributed by atoms with E-state index in [0.717, 1.165) is 45.4 Å². The third-order valence-corrected chi connectivity index (χ3v) is 4.47. The number of piperidine rings is 2. The van der Waals surface area contributed by atoms with Gasteiger partial charge in [-0.25, -0.2) is 0 Å². The molecule has 1 amide bonds. The Labute approximate surface area is 116 Å². The summed E-state index contributed by atoms with van der Waals surface area (Å²) in [6.07, 6.45) is 4.37. The summed E-state index contributed by atoms with van der Waals surface area (Å²) in [5.41, 5.74) is 5.89. The van der Waals surface area contributed by atoms with Crippen LogP contribution in [-0.2, 0) is 4.79 Å². The molecule has 2 rings (SSSR count). The lowest BCUT2D eigenvalue weighted by molar-refractivity contribution is -0.134. The number of amides is 1. The second kappa shape index (κ2) is 6.68. The maximum atomic E-state index is 12.4. The molecule has 19 heavy (non-hydrogen) atoms. The number of hydrogen-bond donors (Lipinski definition) is 1. The number of carbonyl (C=O) groups excluding carboxylic acids is 1. The minimum Gasteiger partial charge on any atom is -0.340 e. The Kier molecular flexibility index (Phi) is 5.19. The van der Waals surface area contributed by atoms with Crippen molar-refractivity contribution in [3.05, 3.63) is 0 Å². The molecule has 2 fully saturated rings. The zero-order chi connectivity index (χ0) is 13.8. The van der Waals surface area contributed by atoms with Crippen LogP contribution in [0.4, 0.5) is 0 Å². The molecule has 2 N–H and O–H groups in total. The highest BCUT2D eigenvalue weighted by Gasteiger charge is 2.26.